The van der Waals surface area contributed by atoms with Gasteiger partial charge in [-0.15, -0.1) is 0 Å². The van der Waals surface area contributed by atoms with Crippen LogP contribution in [-0.2, 0) is 6.42 Å². The van der Waals surface area contributed by atoms with Crippen molar-refractivity contribution in [1.82, 2.24) is 0 Å². The number of rotatable bonds is 4. The van der Waals surface area contributed by atoms with Gasteiger partial charge in [0.15, 0.2) is 0 Å². The molecule has 0 saturated carbocycles. The predicted octanol–water partition coefficient (Wildman–Crippen LogP) is 3.99. The zero-order valence-corrected chi connectivity index (χ0v) is 11.0. The molecule has 0 aliphatic heterocycles. The molecule has 0 aliphatic rings. The van der Waals surface area contributed by atoms with E-state index in [0.29, 0.717) is 6.54 Å². The van der Waals surface area contributed by atoms with Gasteiger partial charge >= 0.3 is 0 Å². The lowest BCUT2D eigenvalue weighted by Gasteiger charge is -2.08. The van der Waals surface area contributed by atoms with Crippen LogP contribution in [0.1, 0.15) is 5.56 Å². The van der Waals surface area contributed by atoms with Gasteiger partial charge in [-0.2, -0.15) is 0 Å². The van der Waals surface area contributed by atoms with Gasteiger partial charge in [0, 0.05) is 14.8 Å². The van der Waals surface area contributed by atoms with Gasteiger partial charge in [-0.05, 0) is 42.8 Å². The number of hydrogen-bond donors (Lipinski definition) is 1. The number of hydrogen-bond acceptors (Lipinski definition) is 2. The quantitative estimate of drug-likeness (QED) is 0.903. The van der Waals surface area contributed by atoms with Crippen LogP contribution < -0.4 is 5.73 Å². The second kappa shape index (κ2) is 6.10. The molecular weight excluding hydrogens is 250 g/mol. The Morgan fingerprint density at radius 1 is 1.06 bits per heavy atom. The summed E-state index contributed by atoms with van der Waals surface area (Å²) in [5.74, 6) is 0. The second-order valence-corrected chi connectivity index (χ2v) is 5.26. The summed E-state index contributed by atoms with van der Waals surface area (Å²) >= 11 is 7.71. The Kier molecular flexibility index (Phi) is 4.49. The summed E-state index contributed by atoms with van der Waals surface area (Å²) in [6.07, 6.45) is 0.906. The fraction of sp³-hybridized carbons (Fsp3) is 0.143. The molecule has 0 unspecified atom stereocenters. The molecule has 0 radical (unpaired) electrons. The number of benzene rings is 2. The van der Waals surface area contributed by atoms with E-state index in [1.165, 1.54) is 10.5 Å². The summed E-state index contributed by atoms with van der Waals surface area (Å²) in [6.45, 7) is 0.674. The molecule has 0 amide bonds. The van der Waals surface area contributed by atoms with Crippen LogP contribution in [0.5, 0.6) is 0 Å². The highest BCUT2D eigenvalue weighted by molar-refractivity contribution is 7.99. The highest BCUT2D eigenvalue weighted by Crippen LogP contribution is 2.31. The Bertz CT molecular complexity index is 499. The average Bonchev–Trinajstić information content (AvgIpc) is 2.32. The van der Waals surface area contributed by atoms with Gasteiger partial charge in [-0.25, -0.2) is 0 Å². The van der Waals surface area contributed by atoms with Gasteiger partial charge < -0.3 is 5.73 Å². The first-order chi connectivity index (χ1) is 8.29. The molecule has 1 nitrogen and oxygen atoms in total. The topological polar surface area (TPSA) is 26.0 Å². The third-order valence-electron chi connectivity index (χ3n) is 2.41. The average molecular weight is 264 g/mol. The third-order valence-corrected chi connectivity index (χ3v) is 3.75. The van der Waals surface area contributed by atoms with Crippen LogP contribution >= 0.6 is 23.4 Å². The number of nitrogens with two attached hydrogens (primary N) is 1. The molecule has 0 bridgehead atoms. The Balaban J connectivity index is 2.23. The molecule has 88 valence electrons. The summed E-state index contributed by atoms with van der Waals surface area (Å²) in [6, 6.07) is 16.2. The molecule has 2 N–H and O–H groups in total. The SMILES string of the molecule is NCCc1ccccc1Sc1cccc(Cl)c1. The molecule has 0 aliphatic carbocycles. The monoisotopic (exact) mass is 263 g/mol. The number of halogens is 1. The van der Waals surface area contributed by atoms with Crippen molar-refractivity contribution in [1.29, 1.82) is 0 Å². The van der Waals surface area contributed by atoms with Crippen LogP contribution in [0.25, 0.3) is 0 Å². The van der Waals surface area contributed by atoms with Gasteiger partial charge in [0.1, 0.15) is 0 Å². The maximum absolute atomic E-state index is 5.98. The van der Waals surface area contributed by atoms with E-state index in [4.69, 9.17) is 17.3 Å². The van der Waals surface area contributed by atoms with E-state index in [2.05, 4.69) is 18.2 Å². The molecule has 3 heteroatoms. The van der Waals surface area contributed by atoms with Crippen LogP contribution in [0, 0.1) is 0 Å². The minimum atomic E-state index is 0.674. The van der Waals surface area contributed by atoms with Crippen molar-refractivity contribution in [2.45, 2.75) is 16.2 Å². The van der Waals surface area contributed by atoms with Crippen LogP contribution in [0.2, 0.25) is 5.02 Å². The summed E-state index contributed by atoms with van der Waals surface area (Å²) in [7, 11) is 0. The Hall–Kier alpha value is -0.960. The van der Waals surface area contributed by atoms with Crippen molar-refractivity contribution < 1.29 is 0 Å². The van der Waals surface area contributed by atoms with E-state index in [9.17, 15) is 0 Å². The molecule has 2 aromatic carbocycles. The van der Waals surface area contributed by atoms with E-state index >= 15 is 0 Å². The fourth-order valence-electron chi connectivity index (χ4n) is 1.62. The summed E-state index contributed by atoms with van der Waals surface area (Å²) in [5.41, 5.74) is 6.91. The van der Waals surface area contributed by atoms with E-state index in [0.717, 1.165) is 16.3 Å². The minimum Gasteiger partial charge on any atom is -0.330 e. The summed E-state index contributed by atoms with van der Waals surface area (Å²) in [5, 5.41) is 0.770. The molecule has 0 heterocycles. The highest BCUT2D eigenvalue weighted by Gasteiger charge is 2.03. The first kappa shape index (κ1) is 12.5. The molecule has 2 aromatic rings. The van der Waals surface area contributed by atoms with Gasteiger partial charge in [0.2, 0.25) is 0 Å². The maximum atomic E-state index is 5.98. The van der Waals surface area contributed by atoms with Crippen molar-refractivity contribution in [2.24, 2.45) is 5.73 Å². The highest BCUT2D eigenvalue weighted by atomic mass is 35.5. The van der Waals surface area contributed by atoms with E-state index in [1.54, 1.807) is 11.8 Å². The Morgan fingerprint density at radius 2 is 1.88 bits per heavy atom. The van der Waals surface area contributed by atoms with E-state index in [1.807, 2.05) is 30.3 Å². The normalized spacial score (nSPS) is 10.5. The lowest BCUT2D eigenvalue weighted by Crippen LogP contribution is -2.03. The van der Waals surface area contributed by atoms with Gasteiger partial charge in [-0.1, -0.05) is 47.6 Å². The molecule has 0 aromatic heterocycles. The molecule has 0 fully saturated rings. The lowest BCUT2D eigenvalue weighted by atomic mass is 10.1. The van der Waals surface area contributed by atoms with Crippen molar-refractivity contribution >= 4 is 23.4 Å². The molecule has 17 heavy (non-hydrogen) atoms. The molecule has 0 spiro atoms. The van der Waals surface area contributed by atoms with Crippen molar-refractivity contribution in [3.63, 3.8) is 0 Å². The smallest absolute Gasteiger partial charge is 0.0417 e. The molecule has 0 saturated heterocycles. The van der Waals surface area contributed by atoms with E-state index < -0.39 is 0 Å². The minimum absolute atomic E-state index is 0.674. The van der Waals surface area contributed by atoms with Crippen LogP contribution in [0.3, 0.4) is 0 Å². The standard InChI is InChI=1S/C14H14ClNS/c15-12-5-3-6-13(10-12)17-14-7-2-1-4-11(14)8-9-16/h1-7,10H,8-9,16H2. The Morgan fingerprint density at radius 3 is 2.65 bits per heavy atom. The van der Waals surface area contributed by atoms with Crippen molar-refractivity contribution in [3.8, 4) is 0 Å². The van der Waals surface area contributed by atoms with Crippen LogP contribution in [-0.4, -0.2) is 6.54 Å². The largest absolute Gasteiger partial charge is 0.330 e. The first-order valence-electron chi connectivity index (χ1n) is 5.51. The zero-order valence-electron chi connectivity index (χ0n) is 9.40. The fourth-order valence-corrected chi connectivity index (χ4v) is 2.91. The maximum Gasteiger partial charge on any atom is 0.0417 e. The van der Waals surface area contributed by atoms with Crippen LogP contribution in [0.4, 0.5) is 0 Å². The van der Waals surface area contributed by atoms with Gasteiger partial charge in [0.05, 0.1) is 0 Å². The lowest BCUT2D eigenvalue weighted by molar-refractivity contribution is 0.944. The molecule has 0 atom stereocenters. The van der Waals surface area contributed by atoms with Gasteiger partial charge in [-0.3, -0.25) is 0 Å². The van der Waals surface area contributed by atoms with E-state index in [-0.39, 0.29) is 0 Å². The van der Waals surface area contributed by atoms with Crippen LogP contribution in [0.15, 0.2) is 58.3 Å². The first-order valence-corrected chi connectivity index (χ1v) is 6.70. The molecular formula is C14H14ClNS. The van der Waals surface area contributed by atoms with Crippen molar-refractivity contribution in [2.75, 3.05) is 6.54 Å². The zero-order chi connectivity index (χ0) is 12.1. The van der Waals surface area contributed by atoms with Crippen molar-refractivity contribution in [3.05, 3.63) is 59.1 Å². The second-order valence-electron chi connectivity index (χ2n) is 3.71. The summed E-state index contributed by atoms with van der Waals surface area (Å²) in [4.78, 5) is 2.40. The Labute approximate surface area is 111 Å². The summed E-state index contributed by atoms with van der Waals surface area (Å²) < 4.78 is 0. The van der Waals surface area contributed by atoms with Gasteiger partial charge in [0.25, 0.3) is 0 Å². The third kappa shape index (κ3) is 3.50. The molecule has 2 rings (SSSR count). The predicted molar refractivity (Wildman–Crippen MR) is 74.8 cm³/mol.